The van der Waals surface area contributed by atoms with Gasteiger partial charge in [0.1, 0.15) is 0 Å². The SMILES string of the molecule is C=C(C)CC1(CCl)CCOC1. The van der Waals surface area contributed by atoms with Crippen LogP contribution in [0.15, 0.2) is 12.2 Å². The lowest BCUT2D eigenvalue weighted by atomic mass is 9.83. The van der Waals surface area contributed by atoms with Crippen molar-refractivity contribution in [3.05, 3.63) is 12.2 Å². The van der Waals surface area contributed by atoms with Gasteiger partial charge in [-0.15, -0.1) is 18.2 Å². The molecule has 1 aliphatic rings. The molecular weight excluding hydrogens is 160 g/mol. The minimum absolute atomic E-state index is 0.202. The summed E-state index contributed by atoms with van der Waals surface area (Å²) in [6, 6.07) is 0. The summed E-state index contributed by atoms with van der Waals surface area (Å²) in [5, 5.41) is 0. The van der Waals surface area contributed by atoms with Crippen molar-refractivity contribution in [3.63, 3.8) is 0 Å². The molecule has 1 nitrogen and oxygen atoms in total. The van der Waals surface area contributed by atoms with Gasteiger partial charge in [-0.2, -0.15) is 0 Å². The van der Waals surface area contributed by atoms with Crippen LogP contribution < -0.4 is 0 Å². The van der Waals surface area contributed by atoms with Crippen LogP contribution in [0.4, 0.5) is 0 Å². The summed E-state index contributed by atoms with van der Waals surface area (Å²) >= 11 is 5.89. The lowest BCUT2D eigenvalue weighted by Crippen LogP contribution is -2.23. The Balaban J connectivity index is 2.52. The van der Waals surface area contributed by atoms with Crippen molar-refractivity contribution in [2.24, 2.45) is 5.41 Å². The van der Waals surface area contributed by atoms with Gasteiger partial charge >= 0.3 is 0 Å². The molecular formula is C9H15ClO. The van der Waals surface area contributed by atoms with Crippen LogP contribution in [0.1, 0.15) is 19.8 Å². The third-order valence-corrected chi connectivity index (χ3v) is 2.71. The van der Waals surface area contributed by atoms with Crippen LogP contribution in [0.3, 0.4) is 0 Å². The molecule has 0 aliphatic carbocycles. The maximum absolute atomic E-state index is 5.89. The van der Waals surface area contributed by atoms with Crippen LogP contribution in [0, 0.1) is 5.41 Å². The van der Waals surface area contributed by atoms with E-state index >= 15 is 0 Å². The number of alkyl halides is 1. The smallest absolute Gasteiger partial charge is 0.0537 e. The predicted octanol–water partition coefficient (Wildman–Crippen LogP) is 2.60. The minimum atomic E-state index is 0.202. The van der Waals surface area contributed by atoms with E-state index in [2.05, 4.69) is 6.58 Å². The second-order valence-corrected chi connectivity index (χ2v) is 3.84. The molecule has 0 aromatic carbocycles. The van der Waals surface area contributed by atoms with Crippen LogP contribution in [-0.2, 0) is 4.74 Å². The van der Waals surface area contributed by atoms with Crippen molar-refractivity contribution in [2.75, 3.05) is 19.1 Å². The summed E-state index contributed by atoms with van der Waals surface area (Å²) in [6.07, 6.45) is 2.10. The summed E-state index contributed by atoms with van der Waals surface area (Å²) in [6.45, 7) is 7.62. The normalized spacial score (nSPS) is 30.7. The van der Waals surface area contributed by atoms with Crippen LogP contribution in [0.25, 0.3) is 0 Å². The molecule has 1 atom stereocenters. The predicted molar refractivity (Wildman–Crippen MR) is 48.0 cm³/mol. The van der Waals surface area contributed by atoms with E-state index < -0.39 is 0 Å². The first-order valence-electron chi connectivity index (χ1n) is 3.97. The van der Waals surface area contributed by atoms with Crippen LogP contribution >= 0.6 is 11.6 Å². The Labute approximate surface area is 73.4 Å². The van der Waals surface area contributed by atoms with Gasteiger partial charge in [0, 0.05) is 17.9 Å². The topological polar surface area (TPSA) is 9.23 Å². The second-order valence-electron chi connectivity index (χ2n) is 3.57. The quantitative estimate of drug-likeness (QED) is 0.472. The van der Waals surface area contributed by atoms with Gasteiger partial charge in [-0.3, -0.25) is 0 Å². The minimum Gasteiger partial charge on any atom is -0.381 e. The van der Waals surface area contributed by atoms with Gasteiger partial charge in [0.2, 0.25) is 0 Å². The molecule has 0 amide bonds. The molecule has 0 radical (unpaired) electrons. The highest BCUT2D eigenvalue weighted by atomic mass is 35.5. The molecule has 1 unspecified atom stereocenters. The highest BCUT2D eigenvalue weighted by Gasteiger charge is 2.33. The summed E-state index contributed by atoms with van der Waals surface area (Å²) in [5.41, 5.74) is 1.41. The average molecular weight is 175 g/mol. The van der Waals surface area contributed by atoms with Gasteiger partial charge in [-0.25, -0.2) is 0 Å². The lowest BCUT2D eigenvalue weighted by molar-refractivity contribution is 0.161. The molecule has 2 heteroatoms. The Hall–Kier alpha value is -0.0100. The molecule has 1 heterocycles. The molecule has 0 bridgehead atoms. The van der Waals surface area contributed by atoms with Crippen LogP contribution in [-0.4, -0.2) is 19.1 Å². The zero-order chi connectivity index (χ0) is 8.32. The van der Waals surface area contributed by atoms with Crippen LogP contribution in [0.2, 0.25) is 0 Å². The van der Waals surface area contributed by atoms with Crippen molar-refractivity contribution in [2.45, 2.75) is 19.8 Å². The van der Waals surface area contributed by atoms with E-state index in [0.717, 1.165) is 26.1 Å². The van der Waals surface area contributed by atoms with E-state index in [-0.39, 0.29) is 5.41 Å². The molecule has 64 valence electrons. The van der Waals surface area contributed by atoms with E-state index in [0.29, 0.717) is 5.88 Å². The van der Waals surface area contributed by atoms with Gasteiger partial charge in [0.05, 0.1) is 6.61 Å². The maximum atomic E-state index is 5.89. The molecule has 1 aliphatic heterocycles. The summed E-state index contributed by atoms with van der Waals surface area (Å²) in [7, 11) is 0. The van der Waals surface area contributed by atoms with E-state index in [9.17, 15) is 0 Å². The van der Waals surface area contributed by atoms with Crippen molar-refractivity contribution >= 4 is 11.6 Å². The van der Waals surface area contributed by atoms with E-state index in [1.54, 1.807) is 0 Å². The van der Waals surface area contributed by atoms with Gasteiger partial charge in [-0.1, -0.05) is 5.57 Å². The standard InChI is InChI=1S/C9H15ClO/c1-8(2)5-9(6-10)3-4-11-7-9/h1,3-7H2,2H3. The summed E-state index contributed by atoms with van der Waals surface area (Å²) in [5.74, 6) is 0.694. The van der Waals surface area contributed by atoms with Gasteiger partial charge in [-0.05, 0) is 19.8 Å². The first kappa shape index (κ1) is 9.08. The molecule has 0 aromatic heterocycles. The Morgan fingerprint density at radius 2 is 2.45 bits per heavy atom. The Kier molecular flexibility index (Phi) is 2.97. The highest BCUT2D eigenvalue weighted by molar-refractivity contribution is 6.18. The number of halogens is 1. The Bertz CT molecular complexity index is 148. The van der Waals surface area contributed by atoms with Crippen molar-refractivity contribution in [3.8, 4) is 0 Å². The number of hydrogen-bond acceptors (Lipinski definition) is 1. The molecule has 1 rings (SSSR count). The molecule has 11 heavy (non-hydrogen) atoms. The lowest BCUT2D eigenvalue weighted by Gasteiger charge is -2.24. The molecule has 0 aromatic rings. The maximum Gasteiger partial charge on any atom is 0.0537 e. The van der Waals surface area contributed by atoms with Crippen LogP contribution in [0.5, 0.6) is 0 Å². The first-order valence-corrected chi connectivity index (χ1v) is 4.50. The number of rotatable bonds is 3. The summed E-state index contributed by atoms with van der Waals surface area (Å²) < 4.78 is 5.33. The van der Waals surface area contributed by atoms with Gasteiger partial charge in [0.25, 0.3) is 0 Å². The summed E-state index contributed by atoms with van der Waals surface area (Å²) in [4.78, 5) is 0. The van der Waals surface area contributed by atoms with E-state index in [4.69, 9.17) is 16.3 Å². The third kappa shape index (κ3) is 2.21. The fourth-order valence-corrected chi connectivity index (χ4v) is 1.89. The van der Waals surface area contributed by atoms with E-state index in [1.165, 1.54) is 5.57 Å². The zero-order valence-corrected chi connectivity index (χ0v) is 7.78. The molecule has 0 N–H and O–H groups in total. The van der Waals surface area contributed by atoms with E-state index in [1.807, 2.05) is 6.92 Å². The fraction of sp³-hybridized carbons (Fsp3) is 0.778. The zero-order valence-electron chi connectivity index (χ0n) is 7.03. The average Bonchev–Trinajstić information content (AvgIpc) is 2.36. The van der Waals surface area contributed by atoms with Crippen molar-refractivity contribution in [1.82, 2.24) is 0 Å². The van der Waals surface area contributed by atoms with Crippen molar-refractivity contribution < 1.29 is 4.74 Å². The number of hydrogen-bond donors (Lipinski definition) is 0. The number of allylic oxidation sites excluding steroid dienone is 1. The highest BCUT2D eigenvalue weighted by Crippen LogP contribution is 2.35. The third-order valence-electron chi connectivity index (χ3n) is 2.15. The molecule has 1 fully saturated rings. The fourth-order valence-electron chi connectivity index (χ4n) is 1.58. The Morgan fingerprint density at radius 3 is 2.82 bits per heavy atom. The first-order chi connectivity index (χ1) is 5.18. The monoisotopic (exact) mass is 174 g/mol. The molecule has 1 saturated heterocycles. The van der Waals surface area contributed by atoms with Crippen molar-refractivity contribution in [1.29, 1.82) is 0 Å². The van der Waals surface area contributed by atoms with Gasteiger partial charge < -0.3 is 4.74 Å². The Morgan fingerprint density at radius 1 is 1.73 bits per heavy atom. The molecule has 0 saturated carbocycles. The largest absolute Gasteiger partial charge is 0.381 e. The number of ether oxygens (including phenoxy) is 1. The molecule has 0 spiro atoms. The van der Waals surface area contributed by atoms with Gasteiger partial charge in [0.15, 0.2) is 0 Å². The second kappa shape index (κ2) is 3.59.